The van der Waals surface area contributed by atoms with Crippen LogP contribution in [0.5, 0.6) is 0 Å². The Bertz CT molecular complexity index is 1020. The molecule has 9 atom stereocenters. The third-order valence-electron chi connectivity index (χ3n) is 13.2. The minimum Gasteiger partial charge on any atom is -0.446 e. The number of allylic oxidation sites excluding steroid dienone is 1. The highest BCUT2D eigenvalue weighted by molar-refractivity contribution is 5.67. The zero-order valence-corrected chi connectivity index (χ0v) is 32.6. The number of hydrogen-bond donors (Lipinski definition) is 2. The van der Waals surface area contributed by atoms with Gasteiger partial charge in [0.15, 0.2) is 0 Å². The minimum absolute atomic E-state index is 0.0264. The molecule has 0 aliphatic heterocycles. The molecule has 0 aromatic carbocycles. The summed E-state index contributed by atoms with van der Waals surface area (Å²) in [7, 11) is 1.55. The molecule has 4 aliphatic rings. The van der Waals surface area contributed by atoms with Gasteiger partial charge in [-0.2, -0.15) is 0 Å². The highest BCUT2D eigenvalue weighted by Gasteiger charge is 2.59. The fourth-order valence-corrected chi connectivity index (χ4v) is 10.4. The molecule has 0 aromatic heterocycles. The summed E-state index contributed by atoms with van der Waals surface area (Å²) < 4.78 is 33.0. The van der Waals surface area contributed by atoms with E-state index < -0.39 is 0 Å². The number of nitrogens with one attached hydrogen (secondary N) is 1. The molecular weight excluding hydrogens is 634 g/mol. The van der Waals surface area contributed by atoms with Gasteiger partial charge in [0.1, 0.15) is 12.2 Å². The number of aliphatic hydroxyl groups is 1. The van der Waals surface area contributed by atoms with Crippen LogP contribution in [0.1, 0.15) is 112 Å². The van der Waals surface area contributed by atoms with Crippen molar-refractivity contribution in [1.82, 2.24) is 5.32 Å². The maximum Gasteiger partial charge on any atom is 0.407 e. The lowest BCUT2D eigenvalue weighted by Gasteiger charge is -2.58. The largest absolute Gasteiger partial charge is 0.446 e. The van der Waals surface area contributed by atoms with Crippen LogP contribution in [0.4, 0.5) is 4.79 Å². The number of fused-ring (bicyclic) bond motifs is 5. The fraction of sp³-hybridized carbons (Fsp3) is 0.927. The zero-order valence-electron chi connectivity index (χ0n) is 32.6. The number of rotatable bonds is 23. The average molecular weight is 708 g/mol. The van der Waals surface area contributed by atoms with E-state index in [-0.39, 0.29) is 30.3 Å². The second-order valence-corrected chi connectivity index (χ2v) is 16.8. The van der Waals surface area contributed by atoms with Gasteiger partial charge in [-0.3, -0.25) is 0 Å². The van der Waals surface area contributed by atoms with Gasteiger partial charge in [0.25, 0.3) is 0 Å². The molecule has 3 fully saturated rings. The van der Waals surface area contributed by atoms with Crippen LogP contribution in [0.15, 0.2) is 11.6 Å². The molecule has 5 unspecified atom stereocenters. The van der Waals surface area contributed by atoms with E-state index >= 15 is 0 Å². The lowest BCUT2D eigenvalue weighted by Crippen LogP contribution is -2.51. The molecule has 0 heterocycles. The summed E-state index contributed by atoms with van der Waals surface area (Å²) in [5.74, 6) is 5.03. The molecule has 290 valence electrons. The summed E-state index contributed by atoms with van der Waals surface area (Å²) >= 11 is 0. The van der Waals surface area contributed by atoms with Crippen molar-refractivity contribution >= 4 is 6.09 Å². The Morgan fingerprint density at radius 1 is 0.880 bits per heavy atom. The van der Waals surface area contributed by atoms with Crippen LogP contribution >= 0.6 is 0 Å². The van der Waals surface area contributed by atoms with Crippen LogP contribution in [0, 0.1) is 46.3 Å². The lowest BCUT2D eigenvalue weighted by molar-refractivity contribution is -0.0581. The van der Waals surface area contributed by atoms with Gasteiger partial charge in [-0.05, 0) is 97.7 Å². The van der Waals surface area contributed by atoms with Gasteiger partial charge >= 0.3 is 6.09 Å². The van der Waals surface area contributed by atoms with Gasteiger partial charge in [-0.25, -0.2) is 4.79 Å². The third kappa shape index (κ3) is 11.4. The van der Waals surface area contributed by atoms with Gasteiger partial charge < -0.3 is 38.8 Å². The molecule has 2 N–H and O–H groups in total. The highest BCUT2D eigenvalue weighted by Crippen LogP contribution is 2.67. The number of methoxy groups -OCH3 is 1. The van der Waals surface area contributed by atoms with Crippen LogP contribution in [-0.2, 0) is 28.4 Å². The maximum atomic E-state index is 12.7. The SMILES string of the molecule is COC(CO)COCCOCCOCCOCCCNC(=O)O[C@H]1CC[C@@]2(C)C(=CCC3C2CC[C@@]2(C)C3CC[C@@H]2C(C)CCCC(C)C)C1. The van der Waals surface area contributed by atoms with E-state index in [0.29, 0.717) is 64.8 Å². The predicted octanol–water partition coefficient (Wildman–Crippen LogP) is 7.59. The normalized spacial score (nSPS) is 31.8. The van der Waals surface area contributed by atoms with Crippen LogP contribution in [-0.4, -0.2) is 96.5 Å². The smallest absolute Gasteiger partial charge is 0.407 e. The molecule has 0 spiro atoms. The second-order valence-electron chi connectivity index (χ2n) is 16.8. The van der Waals surface area contributed by atoms with Crippen molar-refractivity contribution in [2.75, 3.05) is 73.1 Å². The first kappa shape index (κ1) is 41.5. The van der Waals surface area contributed by atoms with Crippen molar-refractivity contribution in [3.63, 3.8) is 0 Å². The zero-order chi connectivity index (χ0) is 36.0. The molecule has 9 heteroatoms. The van der Waals surface area contributed by atoms with Crippen molar-refractivity contribution in [1.29, 1.82) is 0 Å². The summed E-state index contributed by atoms with van der Waals surface area (Å²) in [6.45, 7) is 16.8. The molecule has 0 radical (unpaired) electrons. The average Bonchev–Trinajstić information content (AvgIpc) is 3.45. The molecular formula is C41H73NO8. The molecule has 4 aliphatic carbocycles. The van der Waals surface area contributed by atoms with Crippen molar-refractivity contribution in [2.24, 2.45) is 46.3 Å². The summed E-state index contributed by atoms with van der Waals surface area (Å²) in [6.07, 6.45) is 16.7. The third-order valence-corrected chi connectivity index (χ3v) is 13.2. The van der Waals surface area contributed by atoms with Crippen LogP contribution in [0.25, 0.3) is 0 Å². The number of carbonyl (C=O) groups excluding carboxylic acids is 1. The number of ether oxygens (including phenoxy) is 6. The lowest BCUT2D eigenvalue weighted by atomic mass is 9.47. The summed E-state index contributed by atoms with van der Waals surface area (Å²) in [5.41, 5.74) is 2.34. The Morgan fingerprint density at radius 3 is 2.26 bits per heavy atom. The number of aliphatic hydroxyl groups excluding tert-OH is 1. The predicted molar refractivity (Wildman–Crippen MR) is 197 cm³/mol. The van der Waals surface area contributed by atoms with Gasteiger partial charge in [0, 0.05) is 26.7 Å². The number of alkyl carbamates (subject to hydrolysis) is 1. The standard InChI is InChI=1S/C41H73NO8/c1-30(2)9-7-10-31(3)36-13-14-37-35-12-11-32-27-33(15-17-40(32,4)38(35)16-18-41(36,37)5)50-39(44)42-19-8-20-46-21-22-47-23-24-48-25-26-49-29-34(28-43)45-6/h11,30-31,33-38,43H,7-10,12-29H2,1-6H3,(H,42,44)/t31?,33-,34?,35?,36+,37?,38?,40-,41+/m0/s1. The maximum absolute atomic E-state index is 12.7. The highest BCUT2D eigenvalue weighted by atomic mass is 16.6. The summed E-state index contributed by atoms with van der Waals surface area (Å²) in [6, 6.07) is 0. The quantitative estimate of drug-likeness (QED) is 0.0828. The first-order valence-electron chi connectivity index (χ1n) is 20.2. The second kappa shape index (κ2) is 20.9. The van der Waals surface area contributed by atoms with Crippen LogP contribution in [0.2, 0.25) is 0 Å². The molecule has 4 rings (SSSR count). The van der Waals surface area contributed by atoms with Crippen LogP contribution in [0.3, 0.4) is 0 Å². The molecule has 0 saturated heterocycles. The summed E-state index contributed by atoms with van der Waals surface area (Å²) in [4.78, 5) is 12.7. The first-order valence-corrected chi connectivity index (χ1v) is 20.2. The number of amides is 1. The van der Waals surface area contributed by atoms with Crippen molar-refractivity contribution in [3.8, 4) is 0 Å². The molecule has 9 nitrogen and oxygen atoms in total. The van der Waals surface area contributed by atoms with Crippen molar-refractivity contribution in [2.45, 2.75) is 124 Å². The van der Waals surface area contributed by atoms with Crippen LogP contribution < -0.4 is 5.32 Å². The van der Waals surface area contributed by atoms with E-state index in [1.54, 1.807) is 12.7 Å². The monoisotopic (exact) mass is 708 g/mol. The number of carbonyl (C=O) groups is 1. The van der Waals surface area contributed by atoms with Gasteiger partial charge in [-0.15, -0.1) is 0 Å². The van der Waals surface area contributed by atoms with E-state index in [0.717, 1.165) is 61.2 Å². The fourth-order valence-electron chi connectivity index (χ4n) is 10.4. The van der Waals surface area contributed by atoms with E-state index in [1.807, 2.05) is 0 Å². The summed E-state index contributed by atoms with van der Waals surface area (Å²) in [5, 5.41) is 12.0. The Kier molecular flexibility index (Phi) is 17.3. The van der Waals surface area contributed by atoms with E-state index in [2.05, 4.69) is 46.0 Å². The van der Waals surface area contributed by atoms with E-state index in [4.69, 9.17) is 33.5 Å². The molecule has 0 aromatic rings. The van der Waals surface area contributed by atoms with Gasteiger partial charge in [0.2, 0.25) is 0 Å². The Hall–Kier alpha value is -1.23. The van der Waals surface area contributed by atoms with E-state index in [9.17, 15) is 4.79 Å². The van der Waals surface area contributed by atoms with Crippen molar-refractivity contribution in [3.05, 3.63) is 11.6 Å². The Balaban J connectivity index is 1.06. The molecule has 50 heavy (non-hydrogen) atoms. The molecule has 0 bridgehead atoms. The van der Waals surface area contributed by atoms with Gasteiger partial charge in [-0.1, -0.05) is 65.5 Å². The Labute approximate surface area is 304 Å². The van der Waals surface area contributed by atoms with E-state index in [1.165, 1.54) is 51.4 Å². The first-order chi connectivity index (χ1) is 24.1. The molecule has 1 amide bonds. The Morgan fingerprint density at radius 2 is 1.58 bits per heavy atom. The van der Waals surface area contributed by atoms with Crippen molar-refractivity contribution < 1.29 is 38.3 Å². The minimum atomic E-state index is -0.304. The number of hydrogen-bond acceptors (Lipinski definition) is 8. The topological polar surface area (TPSA) is 105 Å². The van der Waals surface area contributed by atoms with Gasteiger partial charge in [0.05, 0.1) is 52.9 Å². The molecule has 3 saturated carbocycles.